The van der Waals surface area contributed by atoms with Crippen molar-refractivity contribution in [1.29, 1.82) is 0 Å². The first-order valence-corrected chi connectivity index (χ1v) is 8.22. The van der Waals surface area contributed by atoms with E-state index in [4.69, 9.17) is 10.5 Å². The lowest BCUT2D eigenvalue weighted by Crippen LogP contribution is -2.42. The molecule has 2 aromatic carbocycles. The van der Waals surface area contributed by atoms with Crippen LogP contribution in [0.3, 0.4) is 0 Å². The molecule has 3 rings (SSSR count). The molecule has 1 amide bonds. The summed E-state index contributed by atoms with van der Waals surface area (Å²) in [7, 11) is 0. The number of carbonyl (C=O) groups excluding carboxylic acids is 1. The summed E-state index contributed by atoms with van der Waals surface area (Å²) in [6, 6.07) is 17.3. The number of nitrogens with one attached hydrogen (secondary N) is 1. The highest BCUT2D eigenvalue weighted by atomic mass is 16.5. The predicted molar refractivity (Wildman–Crippen MR) is 94.6 cm³/mol. The Kier molecular flexibility index (Phi) is 5.29. The van der Waals surface area contributed by atoms with E-state index in [1.807, 2.05) is 66.7 Å². The number of carbonyl (C=O) groups is 1. The molecule has 4 heteroatoms. The molecule has 0 unspecified atom stereocenters. The fourth-order valence-corrected chi connectivity index (χ4v) is 2.80. The third-order valence-electron chi connectivity index (χ3n) is 4.16. The monoisotopic (exact) mass is 322 g/mol. The van der Waals surface area contributed by atoms with Crippen LogP contribution >= 0.6 is 0 Å². The average Bonchev–Trinajstić information content (AvgIpc) is 2.61. The lowest BCUT2D eigenvalue weighted by molar-refractivity contribution is -0.125. The van der Waals surface area contributed by atoms with E-state index in [0.29, 0.717) is 13.0 Å². The molecule has 2 atom stereocenters. The number of ether oxygens (including phenoxy) is 1. The van der Waals surface area contributed by atoms with Gasteiger partial charge in [0.25, 0.3) is 0 Å². The van der Waals surface area contributed by atoms with Crippen LogP contribution in [0.25, 0.3) is 0 Å². The summed E-state index contributed by atoms with van der Waals surface area (Å²) in [6.45, 7) is 0.470. The van der Waals surface area contributed by atoms with E-state index in [9.17, 15) is 4.79 Å². The molecule has 1 aliphatic carbocycles. The highest BCUT2D eigenvalue weighted by Gasteiger charge is 2.25. The summed E-state index contributed by atoms with van der Waals surface area (Å²) in [5.74, 6) is 1.42. The van der Waals surface area contributed by atoms with Crippen molar-refractivity contribution in [2.75, 3.05) is 0 Å². The van der Waals surface area contributed by atoms with E-state index in [1.54, 1.807) is 0 Å². The van der Waals surface area contributed by atoms with Gasteiger partial charge < -0.3 is 15.8 Å². The number of allylic oxidation sites excluding steroid dienone is 1. The Balaban J connectivity index is 1.58. The van der Waals surface area contributed by atoms with Crippen molar-refractivity contribution in [3.63, 3.8) is 0 Å². The Morgan fingerprint density at radius 2 is 1.79 bits per heavy atom. The summed E-state index contributed by atoms with van der Waals surface area (Å²) < 4.78 is 5.82. The van der Waals surface area contributed by atoms with E-state index < -0.39 is 0 Å². The van der Waals surface area contributed by atoms with Crippen molar-refractivity contribution in [3.8, 4) is 11.5 Å². The van der Waals surface area contributed by atoms with Crippen LogP contribution in [-0.2, 0) is 11.3 Å². The largest absolute Gasteiger partial charge is 0.457 e. The molecule has 0 radical (unpaired) electrons. The Morgan fingerprint density at radius 1 is 1.04 bits per heavy atom. The van der Waals surface area contributed by atoms with Crippen LogP contribution < -0.4 is 15.8 Å². The van der Waals surface area contributed by atoms with Crippen molar-refractivity contribution in [3.05, 3.63) is 72.3 Å². The van der Waals surface area contributed by atoms with Crippen LogP contribution in [0.2, 0.25) is 0 Å². The van der Waals surface area contributed by atoms with Gasteiger partial charge in [-0.1, -0.05) is 42.5 Å². The van der Waals surface area contributed by atoms with Gasteiger partial charge in [-0.05, 0) is 42.7 Å². The molecule has 0 saturated heterocycles. The normalized spacial score (nSPS) is 19.7. The molecule has 124 valence electrons. The van der Waals surface area contributed by atoms with Crippen LogP contribution in [-0.4, -0.2) is 11.9 Å². The van der Waals surface area contributed by atoms with Crippen molar-refractivity contribution in [1.82, 2.24) is 5.32 Å². The second kappa shape index (κ2) is 7.79. The number of benzene rings is 2. The Bertz CT molecular complexity index is 713. The Hall–Kier alpha value is -2.59. The van der Waals surface area contributed by atoms with Gasteiger partial charge in [0.05, 0.1) is 5.92 Å². The molecule has 0 fully saturated rings. The number of nitrogens with two attached hydrogens (primary N) is 1. The minimum atomic E-state index is -0.140. The highest BCUT2D eigenvalue weighted by Crippen LogP contribution is 2.22. The number of hydrogen-bond acceptors (Lipinski definition) is 3. The zero-order valence-corrected chi connectivity index (χ0v) is 13.5. The van der Waals surface area contributed by atoms with Gasteiger partial charge in [-0.2, -0.15) is 0 Å². The van der Waals surface area contributed by atoms with Crippen LogP contribution in [0.4, 0.5) is 0 Å². The minimum Gasteiger partial charge on any atom is -0.457 e. The minimum absolute atomic E-state index is 0.0150. The van der Waals surface area contributed by atoms with Crippen LogP contribution in [0, 0.1) is 5.92 Å². The summed E-state index contributed by atoms with van der Waals surface area (Å²) in [5, 5.41) is 2.98. The van der Waals surface area contributed by atoms with Crippen LogP contribution in [0.5, 0.6) is 11.5 Å². The third kappa shape index (κ3) is 4.24. The second-order valence-corrected chi connectivity index (χ2v) is 5.99. The number of hydrogen-bond donors (Lipinski definition) is 2. The summed E-state index contributed by atoms with van der Waals surface area (Å²) in [4.78, 5) is 12.3. The molecule has 0 aromatic heterocycles. The van der Waals surface area contributed by atoms with Crippen molar-refractivity contribution in [2.45, 2.75) is 25.4 Å². The lowest BCUT2D eigenvalue weighted by Gasteiger charge is -2.24. The molecular weight excluding hydrogens is 300 g/mol. The topological polar surface area (TPSA) is 64.4 Å². The quantitative estimate of drug-likeness (QED) is 0.829. The number of amides is 1. The molecule has 0 saturated carbocycles. The van der Waals surface area contributed by atoms with Crippen molar-refractivity contribution >= 4 is 5.91 Å². The molecule has 24 heavy (non-hydrogen) atoms. The zero-order valence-electron chi connectivity index (χ0n) is 13.5. The van der Waals surface area contributed by atoms with Crippen LogP contribution in [0.1, 0.15) is 18.4 Å². The maximum atomic E-state index is 12.3. The predicted octanol–water partition coefficient (Wildman–Crippen LogP) is 3.39. The SMILES string of the molecule is N[C@@H]1CC=CC[C@@H]1C(=O)NCc1cccc(Oc2ccccc2)c1. The zero-order chi connectivity index (χ0) is 16.8. The van der Waals surface area contributed by atoms with E-state index in [1.165, 1.54) is 0 Å². The molecule has 4 nitrogen and oxygen atoms in total. The second-order valence-electron chi connectivity index (χ2n) is 5.99. The molecule has 3 N–H and O–H groups in total. The van der Waals surface area contributed by atoms with Gasteiger partial charge in [0.1, 0.15) is 11.5 Å². The van der Waals surface area contributed by atoms with Gasteiger partial charge >= 0.3 is 0 Å². The maximum absolute atomic E-state index is 12.3. The Labute approximate surface area is 142 Å². The molecule has 0 aliphatic heterocycles. The smallest absolute Gasteiger partial charge is 0.225 e. The molecule has 1 aliphatic rings. The number of rotatable bonds is 5. The van der Waals surface area contributed by atoms with E-state index in [-0.39, 0.29) is 17.9 Å². The number of para-hydroxylation sites is 1. The summed E-state index contributed by atoms with van der Waals surface area (Å²) in [6.07, 6.45) is 5.55. The third-order valence-corrected chi connectivity index (χ3v) is 4.16. The van der Waals surface area contributed by atoms with E-state index in [2.05, 4.69) is 5.32 Å². The first-order valence-electron chi connectivity index (χ1n) is 8.22. The van der Waals surface area contributed by atoms with Gasteiger partial charge in [-0.15, -0.1) is 0 Å². The van der Waals surface area contributed by atoms with Gasteiger partial charge in [-0.25, -0.2) is 0 Å². The highest BCUT2D eigenvalue weighted by molar-refractivity contribution is 5.79. The standard InChI is InChI=1S/C20H22N2O2/c21-19-12-5-4-11-18(19)20(23)22-14-15-7-6-10-17(13-15)24-16-8-2-1-3-9-16/h1-10,13,18-19H,11-12,14,21H2,(H,22,23)/t18-,19+/m0/s1. The first kappa shape index (κ1) is 16.3. The van der Waals surface area contributed by atoms with Crippen LogP contribution in [0.15, 0.2) is 66.7 Å². The maximum Gasteiger partial charge on any atom is 0.225 e. The van der Waals surface area contributed by atoms with Gasteiger partial charge in [0.2, 0.25) is 5.91 Å². The van der Waals surface area contributed by atoms with Gasteiger partial charge in [0.15, 0.2) is 0 Å². The summed E-state index contributed by atoms with van der Waals surface area (Å²) in [5.41, 5.74) is 7.02. The average molecular weight is 322 g/mol. The lowest BCUT2D eigenvalue weighted by atomic mass is 9.89. The fraction of sp³-hybridized carbons (Fsp3) is 0.250. The van der Waals surface area contributed by atoms with Gasteiger partial charge in [0, 0.05) is 12.6 Å². The van der Waals surface area contributed by atoms with E-state index >= 15 is 0 Å². The molecule has 2 aromatic rings. The fourth-order valence-electron chi connectivity index (χ4n) is 2.80. The Morgan fingerprint density at radius 3 is 2.58 bits per heavy atom. The molecule has 0 spiro atoms. The molecule has 0 bridgehead atoms. The molecular formula is C20H22N2O2. The van der Waals surface area contributed by atoms with E-state index in [0.717, 1.165) is 23.5 Å². The van der Waals surface area contributed by atoms with Gasteiger partial charge in [-0.3, -0.25) is 4.79 Å². The first-order chi connectivity index (χ1) is 11.7. The summed E-state index contributed by atoms with van der Waals surface area (Å²) >= 11 is 0. The van der Waals surface area contributed by atoms with Crippen molar-refractivity contribution < 1.29 is 9.53 Å². The molecule has 0 heterocycles. The van der Waals surface area contributed by atoms with Crippen molar-refractivity contribution in [2.24, 2.45) is 11.7 Å².